The van der Waals surface area contributed by atoms with Crippen LogP contribution in [0.2, 0.25) is 0 Å². The van der Waals surface area contributed by atoms with E-state index in [2.05, 4.69) is 5.32 Å². The topological polar surface area (TPSA) is 77.1 Å². The molecule has 8 heteroatoms. The van der Waals surface area contributed by atoms with Crippen LogP contribution in [0.4, 0.5) is 15.8 Å². The van der Waals surface area contributed by atoms with Gasteiger partial charge in [0.1, 0.15) is 35.2 Å². The Morgan fingerprint density at radius 2 is 1.72 bits per heavy atom. The monoisotopic (exact) mass is 534 g/mol. The van der Waals surface area contributed by atoms with E-state index in [-0.39, 0.29) is 18.5 Å². The SMILES string of the molecule is COc1cc(OC(=O)C(C)(C)C)ccc1-c1ccc2c(c1COc1cc(F)ccc1C)N(C)C(=O)C(C)(C)N2. The lowest BCUT2D eigenvalue weighted by atomic mass is 9.91. The molecule has 3 aromatic carbocycles. The summed E-state index contributed by atoms with van der Waals surface area (Å²) in [6.45, 7) is 10.9. The number of nitrogens with zero attached hydrogens (tertiary/aromatic N) is 1. The van der Waals surface area contributed by atoms with Gasteiger partial charge in [0.15, 0.2) is 0 Å². The van der Waals surface area contributed by atoms with Crippen LogP contribution in [0.5, 0.6) is 17.2 Å². The van der Waals surface area contributed by atoms with E-state index in [4.69, 9.17) is 14.2 Å². The first-order valence-corrected chi connectivity index (χ1v) is 12.7. The maximum Gasteiger partial charge on any atom is 0.316 e. The summed E-state index contributed by atoms with van der Waals surface area (Å²) in [5, 5.41) is 3.33. The van der Waals surface area contributed by atoms with Gasteiger partial charge in [0.05, 0.1) is 23.9 Å². The summed E-state index contributed by atoms with van der Waals surface area (Å²) in [4.78, 5) is 27.3. The van der Waals surface area contributed by atoms with E-state index in [9.17, 15) is 14.0 Å². The minimum atomic E-state index is -0.795. The van der Waals surface area contributed by atoms with Gasteiger partial charge in [0.2, 0.25) is 0 Å². The van der Waals surface area contributed by atoms with E-state index in [0.29, 0.717) is 28.5 Å². The number of ether oxygens (including phenoxy) is 3. The lowest BCUT2D eigenvalue weighted by Gasteiger charge is -2.39. The number of methoxy groups -OCH3 is 1. The fourth-order valence-electron chi connectivity index (χ4n) is 4.53. The van der Waals surface area contributed by atoms with Crippen LogP contribution in [-0.2, 0) is 16.2 Å². The number of hydrogen-bond acceptors (Lipinski definition) is 6. The molecule has 0 aromatic heterocycles. The standard InChI is InChI=1S/C31H35FN2O5/c1-18-9-10-19(32)15-25(18)38-17-23-21(13-14-24-27(23)34(7)28(35)31(5,6)33-24)22-12-11-20(16-26(22)37-8)39-29(36)30(2,3)4/h9-16,33H,17H2,1-8H3. The molecule has 1 heterocycles. The number of aryl methyl sites for hydroxylation is 1. The molecule has 0 atom stereocenters. The van der Waals surface area contributed by atoms with Crippen LogP contribution < -0.4 is 24.4 Å². The van der Waals surface area contributed by atoms with Gasteiger partial charge in [-0.15, -0.1) is 0 Å². The number of nitrogens with one attached hydrogen (secondary N) is 1. The molecule has 1 amide bonds. The number of carbonyl (C=O) groups is 2. The molecule has 7 nitrogen and oxygen atoms in total. The third kappa shape index (κ3) is 5.55. The zero-order chi connectivity index (χ0) is 28.7. The third-order valence-electron chi connectivity index (χ3n) is 6.71. The fourth-order valence-corrected chi connectivity index (χ4v) is 4.53. The molecule has 3 aromatic rings. The second kappa shape index (κ2) is 10.2. The largest absolute Gasteiger partial charge is 0.496 e. The van der Waals surface area contributed by atoms with Gasteiger partial charge < -0.3 is 24.4 Å². The number of carbonyl (C=O) groups excluding carboxylic acids is 2. The highest BCUT2D eigenvalue weighted by Gasteiger charge is 2.39. The Labute approximate surface area is 228 Å². The highest BCUT2D eigenvalue weighted by molar-refractivity contribution is 6.08. The number of fused-ring (bicyclic) bond motifs is 1. The number of esters is 1. The van der Waals surface area contributed by atoms with Crippen LogP contribution in [0.25, 0.3) is 11.1 Å². The van der Waals surface area contributed by atoms with Crippen molar-refractivity contribution in [2.24, 2.45) is 5.41 Å². The van der Waals surface area contributed by atoms with Crippen LogP contribution in [-0.4, -0.2) is 31.6 Å². The molecule has 4 rings (SSSR count). The second-order valence-electron chi connectivity index (χ2n) is 11.3. The van der Waals surface area contributed by atoms with Gasteiger partial charge in [0.25, 0.3) is 5.91 Å². The molecule has 0 saturated carbocycles. The molecule has 0 fully saturated rings. The van der Waals surface area contributed by atoms with Gasteiger partial charge in [-0.3, -0.25) is 9.59 Å². The van der Waals surface area contributed by atoms with Gasteiger partial charge in [-0.2, -0.15) is 0 Å². The molecule has 0 radical (unpaired) electrons. The first kappa shape index (κ1) is 28.0. The van der Waals surface area contributed by atoms with Crippen LogP contribution in [0.1, 0.15) is 45.7 Å². The van der Waals surface area contributed by atoms with Crippen molar-refractivity contribution >= 4 is 23.3 Å². The minimum absolute atomic E-state index is 0.0619. The number of benzene rings is 3. The number of hydrogen-bond donors (Lipinski definition) is 1. The van der Waals surface area contributed by atoms with E-state index in [1.165, 1.54) is 12.1 Å². The van der Waals surface area contributed by atoms with Crippen LogP contribution in [0.15, 0.2) is 48.5 Å². The predicted octanol–water partition coefficient (Wildman–Crippen LogP) is 6.51. The van der Waals surface area contributed by atoms with Crippen molar-refractivity contribution in [3.8, 4) is 28.4 Å². The summed E-state index contributed by atoms with van der Waals surface area (Å²) in [6.07, 6.45) is 0. The Morgan fingerprint density at radius 3 is 2.38 bits per heavy atom. The van der Waals surface area contributed by atoms with Crippen molar-refractivity contribution in [2.75, 3.05) is 24.4 Å². The predicted molar refractivity (Wildman–Crippen MR) is 150 cm³/mol. The molecule has 39 heavy (non-hydrogen) atoms. The number of rotatable bonds is 6. The van der Waals surface area contributed by atoms with E-state index >= 15 is 0 Å². The molecule has 1 aliphatic rings. The van der Waals surface area contributed by atoms with Gasteiger partial charge in [-0.1, -0.05) is 12.1 Å². The molecule has 0 unspecified atom stereocenters. The Bertz CT molecular complexity index is 1440. The molecular formula is C31H35FN2O5. The van der Waals surface area contributed by atoms with Crippen LogP contribution in [0.3, 0.4) is 0 Å². The highest BCUT2D eigenvalue weighted by atomic mass is 19.1. The Morgan fingerprint density at radius 1 is 1.03 bits per heavy atom. The van der Waals surface area contributed by atoms with Crippen molar-refractivity contribution in [3.05, 3.63) is 65.5 Å². The summed E-state index contributed by atoms with van der Waals surface area (Å²) >= 11 is 0. The third-order valence-corrected chi connectivity index (χ3v) is 6.71. The van der Waals surface area contributed by atoms with Gasteiger partial charge in [-0.05, 0) is 76.9 Å². The summed E-state index contributed by atoms with van der Waals surface area (Å²) < 4.78 is 31.4. The fraction of sp³-hybridized carbons (Fsp3) is 0.355. The van der Waals surface area contributed by atoms with Crippen molar-refractivity contribution in [1.29, 1.82) is 0 Å². The Kier molecular flexibility index (Phi) is 7.34. The minimum Gasteiger partial charge on any atom is -0.496 e. The summed E-state index contributed by atoms with van der Waals surface area (Å²) in [7, 11) is 3.27. The quantitative estimate of drug-likeness (QED) is 0.287. The second-order valence-corrected chi connectivity index (χ2v) is 11.3. The van der Waals surface area contributed by atoms with E-state index in [1.54, 1.807) is 58.0 Å². The molecule has 0 bridgehead atoms. The van der Waals surface area contributed by atoms with Gasteiger partial charge >= 0.3 is 5.97 Å². The number of halogens is 1. The smallest absolute Gasteiger partial charge is 0.316 e. The molecular weight excluding hydrogens is 499 g/mol. The average Bonchev–Trinajstić information content (AvgIpc) is 2.87. The number of amides is 1. The first-order valence-electron chi connectivity index (χ1n) is 12.7. The number of anilines is 2. The van der Waals surface area contributed by atoms with E-state index < -0.39 is 16.8 Å². The van der Waals surface area contributed by atoms with Crippen molar-refractivity contribution in [2.45, 2.75) is 53.7 Å². The average molecular weight is 535 g/mol. The molecule has 0 aliphatic carbocycles. The van der Waals surface area contributed by atoms with Crippen molar-refractivity contribution in [1.82, 2.24) is 0 Å². The molecule has 0 saturated heterocycles. The molecule has 1 aliphatic heterocycles. The lowest BCUT2D eigenvalue weighted by molar-refractivity contribution is -0.143. The molecule has 1 N–H and O–H groups in total. The first-order chi connectivity index (χ1) is 18.2. The summed E-state index contributed by atoms with van der Waals surface area (Å²) in [6, 6.07) is 13.4. The van der Waals surface area contributed by atoms with Crippen LogP contribution >= 0.6 is 0 Å². The van der Waals surface area contributed by atoms with Crippen molar-refractivity contribution in [3.63, 3.8) is 0 Å². The highest BCUT2D eigenvalue weighted by Crippen LogP contribution is 2.45. The van der Waals surface area contributed by atoms with Crippen molar-refractivity contribution < 1.29 is 28.2 Å². The summed E-state index contributed by atoms with van der Waals surface area (Å²) in [5.41, 5.74) is 2.96. The summed E-state index contributed by atoms with van der Waals surface area (Å²) in [5.74, 6) is 0.385. The van der Waals surface area contributed by atoms with Crippen LogP contribution in [0, 0.1) is 18.2 Å². The molecule has 206 valence electrons. The molecule has 0 spiro atoms. The van der Waals surface area contributed by atoms with Gasteiger partial charge in [-0.25, -0.2) is 4.39 Å². The maximum absolute atomic E-state index is 14.0. The van der Waals surface area contributed by atoms with Gasteiger partial charge in [0, 0.05) is 30.3 Å². The Balaban J connectivity index is 1.84. The lowest BCUT2D eigenvalue weighted by Crippen LogP contribution is -2.52. The number of likely N-dealkylation sites (N-methyl/N-ethyl adjacent to an activating group) is 1. The Hall–Kier alpha value is -4.07. The normalized spacial score (nSPS) is 14.4. The maximum atomic E-state index is 14.0. The zero-order valence-corrected chi connectivity index (χ0v) is 23.7. The van der Waals surface area contributed by atoms with E-state index in [1.807, 2.05) is 39.0 Å². The zero-order valence-electron chi connectivity index (χ0n) is 23.7. The van der Waals surface area contributed by atoms with E-state index in [0.717, 1.165) is 22.4 Å².